The van der Waals surface area contributed by atoms with Crippen LogP contribution in [0.15, 0.2) is 30.3 Å². The zero-order valence-corrected chi connectivity index (χ0v) is 13.7. The maximum absolute atomic E-state index is 12.1. The Morgan fingerprint density at radius 3 is 2.81 bits per heavy atom. The molecule has 0 bridgehead atoms. The Hall–Kier alpha value is -1.04. The number of thioether (sulfide) groups is 1. The molecule has 21 heavy (non-hydrogen) atoms. The SMILES string of the molecule is CN(C)C(CNC(=O)CC1CSCCN1)c1ccccc1. The number of hydrogen-bond donors (Lipinski definition) is 2. The molecule has 1 heterocycles. The summed E-state index contributed by atoms with van der Waals surface area (Å²) >= 11 is 1.92. The Kier molecular flexibility index (Phi) is 6.54. The van der Waals surface area contributed by atoms with Crippen molar-refractivity contribution < 1.29 is 4.79 Å². The van der Waals surface area contributed by atoms with E-state index < -0.39 is 0 Å². The molecule has 1 fully saturated rings. The van der Waals surface area contributed by atoms with Crippen molar-refractivity contribution in [3.05, 3.63) is 35.9 Å². The molecule has 1 amide bonds. The summed E-state index contributed by atoms with van der Waals surface area (Å²) in [5.74, 6) is 2.32. The van der Waals surface area contributed by atoms with E-state index in [2.05, 4.69) is 27.7 Å². The molecule has 1 aliphatic rings. The van der Waals surface area contributed by atoms with Gasteiger partial charge >= 0.3 is 0 Å². The first-order valence-electron chi connectivity index (χ1n) is 7.46. The Morgan fingerprint density at radius 1 is 1.43 bits per heavy atom. The molecule has 2 atom stereocenters. The van der Waals surface area contributed by atoms with Crippen molar-refractivity contribution >= 4 is 17.7 Å². The predicted octanol–water partition coefficient (Wildman–Crippen LogP) is 1.50. The number of likely N-dealkylation sites (N-methyl/N-ethyl adjacent to an activating group) is 1. The van der Waals surface area contributed by atoms with Gasteiger partial charge < -0.3 is 15.5 Å². The largest absolute Gasteiger partial charge is 0.354 e. The number of nitrogens with one attached hydrogen (secondary N) is 2. The van der Waals surface area contributed by atoms with Crippen molar-refractivity contribution in [3.63, 3.8) is 0 Å². The van der Waals surface area contributed by atoms with Gasteiger partial charge in [0, 0.05) is 37.1 Å². The van der Waals surface area contributed by atoms with E-state index in [1.165, 1.54) is 5.56 Å². The minimum Gasteiger partial charge on any atom is -0.354 e. The monoisotopic (exact) mass is 307 g/mol. The first-order valence-corrected chi connectivity index (χ1v) is 8.61. The number of nitrogens with zero attached hydrogens (tertiary/aromatic N) is 1. The van der Waals surface area contributed by atoms with Crippen LogP contribution < -0.4 is 10.6 Å². The van der Waals surface area contributed by atoms with E-state index in [1.807, 2.05) is 44.1 Å². The standard InChI is InChI=1S/C16H25N3OS/c1-19(2)15(13-6-4-3-5-7-13)11-18-16(20)10-14-12-21-9-8-17-14/h3-7,14-15,17H,8-12H2,1-2H3,(H,18,20). The summed E-state index contributed by atoms with van der Waals surface area (Å²) in [6.45, 7) is 1.66. The number of carbonyl (C=O) groups is 1. The van der Waals surface area contributed by atoms with Crippen LogP contribution in [-0.2, 0) is 4.79 Å². The van der Waals surface area contributed by atoms with Gasteiger partial charge in [0.15, 0.2) is 0 Å². The van der Waals surface area contributed by atoms with Gasteiger partial charge in [0.1, 0.15) is 0 Å². The Labute approximate surface area is 131 Å². The summed E-state index contributed by atoms with van der Waals surface area (Å²) in [7, 11) is 4.09. The summed E-state index contributed by atoms with van der Waals surface area (Å²) < 4.78 is 0. The molecule has 1 aliphatic heterocycles. The minimum atomic E-state index is 0.137. The van der Waals surface area contributed by atoms with Crippen LogP contribution in [0, 0.1) is 0 Å². The molecule has 0 spiro atoms. The Balaban J connectivity index is 1.82. The fourth-order valence-electron chi connectivity index (χ4n) is 2.53. The molecule has 116 valence electrons. The lowest BCUT2D eigenvalue weighted by atomic mass is 10.1. The minimum absolute atomic E-state index is 0.137. The summed E-state index contributed by atoms with van der Waals surface area (Å²) in [6.07, 6.45) is 0.571. The average Bonchev–Trinajstić information content (AvgIpc) is 2.49. The molecule has 0 radical (unpaired) electrons. The second-order valence-electron chi connectivity index (χ2n) is 5.62. The van der Waals surface area contributed by atoms with Crippen LogP contribution >= 0.6 is 11.8 Å². The highest BCUT2D eigenvalue weighted by Gasteiger charge is 2.19. The molecule has 0 aliphatic carbocycles. The number of carbonyl (C=O) groups excluding carboxylic acids is 1. The average molecular weight is 307 g/mol. The number of benzene rings is 1. The zero-order valence-electron chi connectivity index (χ0n) is 12.8. The highest BCUT2D eigenvalue weighted by atomic mass is 32.2. The highest BCUT2D eigenvalue weighted by Crippen LogP contribution is 2.17. The van der Waals surface area contributed by atoms with E-state index >= 15 is 0 Å². The lowest BCUT2D eigenvalue weighted by Crippen LogP contribution is -2.42. The van der Waals surface area contributed by atoms with Crippen molar-refractivity contribution in [2.75, 3.05) is 38.7 Å². The second-order valence-corrected chi connectivity index (χ2v) is 6.77. The van der Waals surface area contributed by atoms with Gasteiger partial charge in [0.25, 0.3) is 0 Å². The van der Waals surface area contributed by atoms with Gasteiger partial charge in [-0.05, 0) is 19.7 Å². The van der Waals surface area contributed by atoms with Crippen LogP contribution in [0.3, 0.4) is 0 Å². The van der Waals surface area contributed by atoms with Gasteiger partial charge in [-0.1, -0.05) is 30.3 Å². The van der Waals surface area contributed by atoms with Gasteiger partial charge in [-0.2, -0.15) is 11.8 Å². The summed E-state index contributed by atoms with van der Waals surface area (Å²) in [4.78, 5) is 14.2. The van der Waals surface area contributed by atoms with Crippen molar-refractivity contribution in [2.45, 2.75) is 18.5 Å². The van der Waals surface area contributed by atoms with Crippen molar-refractivity contribution in [3.8, 4) is 0 Å². The molecule has 2 rings (SSSR count). The van der Waals surface area contributed by atoms with E-state index in [4.69, 9.17) is 0 Å². The first kappa shape index (κ1) is 16.3. The van der Waals surface area contributed by atoms with Crippen molar-refractivity contribution in [1.82, 2.24) is 15.5 Å². The zero-order chi connectivity index (χ0) is 15.1. The van der Waals surface area contributed by atoms with Gasteiger partial charge in [-0.15, -0.1) is 0 Å². The number of amides is 1. The van der Waals surface area contributed by atoms with Gasteiger partial charge in [-0.3, -0.25) is 4.79 Å². The molecule has 1 aromatic rings. The van der Waals surface area contributed by atoms with E-state index in [0.29, 0.717) is 19.0 Å². The van der Waals surface area contributed by atoms with E-state index in [9.17, 15) is 4.79 Å². The maximum Gasteiger partial charge on any atom is 0.221 e. The van der Waals surface area contributed by atoms with Crippen LogP contribution in [0.2, 0.25) is 0 Å². The molecule has 1 aromatic carbocycles. The third-order valence-corrected chi connectivity index (χ3v) is 4.86. The van der Waals surface area contributed by atoms with E-state index in [-0.39, 0.29) is 11.9 Å². The van der Waals surface area contributed by atoms with Crippen LogP contribution in [0.4, 0.5) is 0 Å². The normalized spacial score (nSPS) is 20.2. The highest BCUT2D eigenvalue weighted by molar-refractivity contribution is 7.99. The molecule has 0 saturated carbocycles. The third-order valence-electron chi connectivity index (χ3n) is 3.73. The van der Waals surface area contributed by atoms with Crippen LogP contribution in [-0.4, -0.2) is 55.5 Å². The quantitative estimate of drug-likeness (QED) is 0.836. The molecule has 1 saturated heterocycles. The summed E-state index contributed by atoms with van der Waals surface area (Å²) in [5, 5.41) is 6.48. The van der Waals surface area contributed by atoms with Gasteiger partial charge in [0.05, 0.1) is 6.04 Å². The van der Waals surface area contributed by atoms with E-state index in [0.717, 1.165) is 18.1 Å². The Bertz CT molecular complexity index is 432. The molecule has 2 N–H and O–H groups in total. The fourth-order valence-corrected chi connectivity index (χ4v) is 3.48. The molecular weight excluding hydrogens is 282 g/mol. The molecule has 2 unspecified atom stereocenters. The van der Waals surface area contributed by atoms with Crippen LogP contribution in [0.25, 0.3) is 0 Å². The number of hydrogen-bond acceptors (Lipinski definition) is 4. The lowest BCUT2D eigenvalue weighted by molar-refractivity contribution is -0.121. The lowest BCUT2D eigenvalue weighted by Gasteiger charge is -2.26. The van der Waals surface area contributed by atoms with Gasteiger partial charge in [-0.25, -0.2) is 0 Å². The van der Waals surface area contributed by atoms with Crippen LogP contribution in [0.1, 0.15) is 18.0 Å². The fraction of sp³-hybridized carbons (Fsp3) is 0.562. The molecule has 5 heteroatoms. The van der Waals surface area contributed by atoms with E-state index in [1.54, 1.807) is 0 Å². The molecule has 0 aromatic heterocycles. The summed E-state index contributed by atoms with van der Waals surface area (Å²) in [6, 6.07) is 10.8. The Morgan fingerprint density at radius 2 is 2.19 bits per heavy atom. The maximum atomic E-state index is 12.1. The topological polar surface area (TPSA) is 44.4 Å². The number of rotatable bonds is 6. The molecule has 4 nitrogen and oxygen atoms in total. The third kappa shape index (κ3) is 5.34. The van der Waals surface area contributed by atoms with Gasteiger partial charge in [0.2, 0.25) is 5.91 Å². The summed E-state index contributed by atoms with van der Waals surface area (Å²) in [5.41, 5.74) is 1.23. The molecular formula is C16H25N3OS. The van der Waals surface area contributed by atoms with Crippen molar-refractivity contribution in [2.24, 2.45) is 0 Å². The van der Waals surface area contributed by atoms with Crippen LogP contribution in [0.5, 0.6) is 0 Å². The first-order chi connectivity index (χ1) is 10.2. The van der Waals surface area contributed by atoms with Crippen molar-refractivity contribution in [1.29, 1.82) is 0 Å². The predicted molar refractivity (Wildman–Crippen MR) is 89.6 cm³/mol. The smallest absolute Gasteiger partial charge is 0.221 e. The second kappa shape index (κ2) is 8.41.